The van der Waals surface area contributed by atoms with Gasteiger partial charge in [-0.25, -0.2) is 0 Å². The van der Waals surface area contributed by atoms with Crippen LogP contribution in [0.25, 0.3) is 12.2 Å². The van der Waals surface area contributed by atoms with Crippen molar-refractivity contribution in [1.82, 2.24) is 0 Å². The van der Waals surface area contributed by atoms with Gasteiger partial charge in [0.2, 0.25) is 0 Å². The predicted molar refractivity (Wildman–Crippen MR) is 73.9 cm³/mol. The van der Waals surface area contributed by atoms with Gasteiger partial charge in [0.15, 0.2) is 0 Å². The number of rotatable bonds is 2. The minimum absolute atomic E-state index is 0. The van der Waals surface area contributed by atoms with Gasteiger partial charge in [-0.2, -0.15) is 0 Å². The van der Waals surface area contributed by atoms with Crippen molar-refractivity contribution in [3.8, 4) is 0 Å². The molecule has 1 aromatic rings. The molecule has 0 N–H and O–H groups in total. The Morgan fingerprint density at radius 3 is 1.40 bits per heavy atom. The molecule has 0 aliphatic rings. The molecule has 0 heteroatoms. The van der Waals surface area contributed by atoms with Crippen molar-refractivity contribution in [2.75, 3.05) is 0 Å². The first kappa shape index (κ1) is 16.1. The lowest BCUT2D eigenvalue weighted by atomic mass is 10.1. The molecule has 1 rings (SSSR count). The molecule has 0 spiro atoms. The van der Waals surface area contributed by atoms with E-state index in [1.54, 1.807) is 0 Å². The van der Waals surface area contributed by atoms with Gasteiger partial charge in [-0.05, 0) is 25.0 Å². The Balaban J connectivity index is 0. The molecule has 0 atom stereocenters. The van der Waals surface area contributed by atoms with Crippen LogP contribution in [0.15, 0.2) is 36.4 Å². The first-order chi connectivity index (χ1) is 6.88. The topological polar surface area (TPSA) is 0 Å². The first-order valence-corrected chi connectivity index (χ1v) is 5.23. The van der Waals surface area contributed by atoms with E-state index in [0.717, 1.165) is 0 Å². The van der Waals surface area contributed by atoms with Crippen LogP contribution in [0, 0.1) is 0 Å². The molecule has 0 nitrogen and oxygen atoms in total. The molecular formula is C15H24. The third-order valence-electron chi connectivity index (χ3n) is 1.69. The largest absolute Gasteiger partial charge is 0.0870 e. The Labute approximate surface area is 95.3 Å². The van der Waals surface area contributed by atoms with Crippen LogP contribution in [0.3, 0.4) is 0 Å². The molecule has 0 aliphatic carbocycles. The Morgan fingerprint density at radius 1 is 0.800 bits per heavy atom. The molecule has 0 amide bonds. The second-order valence-electron chi connectivity index (χ2n) is 2.63. The molecule has 0 saturated carbocycles. The Morgan fingerprint density at radius 2 is 1.13 bits per heavy atom. The van der Waals surface area contributed by atoms with E-state index in [1.807, 2.05) is 27.7 Å². The van der Waals surface area contributed by atoms with Crippen LogP contribution in [-0.2, 0) is 0 Å². The average Bonchev–Trinajstić information content (AvgIpc) is 2.25. The van der Waals surface area contributed by atoms with Crippen molar-refractivity contribution < 1.29 is 0 Å². The van der Waals surface area contributed by atoms with E-state index in [1.165, 1.54) is 11.1 Å². The van der Waals surface area contributed by atoms with Gasteiger partial charge in [0.1, 0.15) is 0 Å². The van der Waals surface area contributed by atoms with Gasteiger partial charge in [-0.1, -0.05) is 69.8 Å². The number of benzene rings is 1. The summed E-state index contributed by atoms with van der Waals surface area (Å²) in [6.45, 7) is 8.07. The van der Waals surface area contributed by atoms with Crippen LogP contribution in [0.5, 0.6) is 0 Å². The SMILES string of the molecule is C.C/C=C\c1ccccc1/C=C\C.CC. The standard InChI is InChI=1S/C12H14.C2H6.CH4/c1-3-7-11-9-5-6-10-12(11)8-4-2;1-2;/h3-10H,1-2H3;1-2H3;1H4/b7-3-,8-4-;;. The molecular weight excluding hydrogens is 180 g/mol. The maximum atomic E-state index is 2.12. The molecule has 0 bridgehead atoms. The lowest BCUT2D eigenvalue weighted by Crippen LogP contribution is -1.77. The van der Waals surface area contributed by atoms with E-state index in [2.05, 4.69) is 48.6 Å². The minimum Gasteiger partial charge on any atom is -0.0870 e. The second-order valence-corrected chi connectivity index (χ2v) is 2.63. The fraction of sp³-hybridized carbons (Fsp3) is 0.333. The quantitative estimate of drug-likeness (QED) is 0.603. The van der Waals surface area contributed by atoms with Gasteiger partial charge in [0.25, 0.3) is 0 Å². The third-order valence-corrected chi connectivity index (χ3v) is 1.69. The van der Waals surface area contributed by atoms with E-state index in [9.17, 15) is 0 Å². The minimum atomic E-state index is 0. The van der Waals surface area contributed by atoms with Crippen molar-refractivity contribution in [2.45, 2.75) is 35.1 Å². The van der Waals surface area contributed by atoms with Crippen molar-refractivity contribution in [3.05, 3.63) is 47.5 Å². The zero-order valence-corrected chi connectivity index (χ0v) is 9.62. The van der Waals surface area contributed by atoms with Crippen molar-refractivity contribution in [2.24, 2.45) is 0 Å². The highest BCUT2D eigenvalue weighted by atomic mass is 14.0. The Bertz CT molecular complexity index is 262. The van der Waals surface area contributed by atoms with Crippen LogP contribution < -0.4 is 0 Å². The number of hydrogen-bond donors (Lipinski definition) is 0. The lowest BCUT2D eigenvalue weighted by molar-refractivity contribution is 1.50. The monoisotopic (exact) mass is 204 g/mol. The molecule has 15 heavy (non-hydrogen) atoms. The maximum absolute atomic E-state index is 2.12. The second kappa shape index (κ2) is 10.8. The third kappa shape index (κ3) is 5.90. The van der Waals surface area contributed by atoms with Crippen LogP contribution in [0.2, 0.25) is 0 Å². The average molecular weight is 204 g/mol. The summed E-state index contributed by atoms with van der Waals surface area (Å²) >= 11 is 0. The Hall–Kier alpha value is -1.30. The molecule has 0 saturated heterocycles. The normalized spacial score (nSPS) is 9.60. The zero-order valence-electron chi connectivity index (χ0n) is 9.62. The highest BCUT2D eigenvalue weighted by Gasteiger charge is 1.91. The maximum Gasteiger partial charge on any atom is -0.0187 e. The van der Waals surface area contributed by atoms with Gasteiger partial charge in [-0.15, -0.1) is 0 Å². The molecule has 84 valence electrons. The van der Waals surface area contributed by atoms with Gasteiger partial charge >= 0.3 is 0 Å². The highest BCUT2D eigenvalue weighted by Crippen LogP contribution is 2.12. The molecule has 0 aromatic heterocycles. The summed E-state index contributed by atoms with van der Waals surface area (Å²) in [6, 6.07) is 8.36. The molecule has 0 aliphatic heterocycles. The molecule has 0 fully saturated rings. The summed E-state index contributed by atoms with van der Waals surface area (Å²) in [5.74, 6) is 0. The fourth-order valence-corrected chi connectivity index (χ4v) is 1.17. The Kier molecular flexibility index (Phi) is 11.6. The predicted octanol–water partition coefficient (Wildman–Crippen LogP) is 5.42. The van der Waals surface area contributed by atoms with Crippen LogP contribution in [-0.4, -0.2) is 0 Å². The van der Waals surface area contributed by atoms with E-state index in [0.29, 0.717) is 0 Å². The molecule has 0 heterocycles. The van der Waals surface area contributed by atoms with E-state index in [-0.39, 0.29) is 7.43 Å². The smallest absolute Gasteiger partial charge is 0.0187 e. The summed E-state index contributed by atoms with van der Waals surface area (Å²) in [6.07, 6.45) is 8.36. The lowest BCUT2D eigenvalue weighted by Gasteiger charge is -1.98. The van der Waals surface area contributed by atoms with Crippen LogP contribution >= 0.6 is 0 Å². The van der Waals surface area contributed by atoms with Gasteiger partial charge in [0, 0.05) is 0 Å². The summed E-state index contributed by atoms with van der Waals surface area (Å²) in [5.41, 5.74) is 2.55. The molecule has 0 radical (unpaired) electrons. The van der Waals surface area contributed by atoms with Crippen molar-refractivity contribution in [3.63, 3.8) is 0 Å². The van der Waals surface area contributed by atoms with Gasteiger partial charge < -0.3 is 0 Å². The molecule has 1 aromatic carbocycles. The van der Waals surface area contributed by atoms with Crippen LogP contribution in [0.4, 0.5) is 0 Å². The van der Waals surface area contributed by atoms with Gasteiger partial charge in [-0.3, -0.25) is 0 Å². The summed E-state index contributed by atoms with van der Waals surface area (Å²) in [7, 11) is 0. The van der Waals surface area contributed by atoms with E-state index >= 15 is 0 Å². The van der Waals surface area contributed by atoms with E-state index < -0.39 is 0 Å². The first-order valence-electron chi connectivity index (χ1n) is 5.23. The zero-order chi connectivity index (χ0) is 10.8. The highest BCUT2D eigenvalue weighted by molar-refractivity contribution is 5.64. The summed E-state index contributed by atoms with van der Waals surface area (Å²) in [5, 5.41) is 0. The van der Waals surface area contributed by atoms with Crippen molar-refractivity contribution in [1.29, 1.82) is 0 Å². The van der Waals surface area contributed by atoms with Crippen LogP contribution in [0.1, 0.15) is 46.2 Å². The fourth-order valence-electron chi connectivity index (χ4n) is 1.17. The number of allylic oxidation sites excluding steroid dienone is 2. The van der Waals surface area contributed by atoms with Gasteiger partial charge in [0.05, 0.1) is 0 Å². The number of hydrogen-bond acceptors (Lipinski definition) is 0. The summed E-state index contributed by atoms with van der Waals surface area (Å²) in [4.78, 5) is 0. The molecule has 0 unspecified atom stereocenters. The van der Waals surface area contributed by atoms with E-state index in [4.69, 9.17) is 0 Å². The summed E-state index contributed by atoms with van der Waals surface area (Å²) < 4.78 is 0. The van der Waals surface area contributed by atoms with Crippen molar-refractivity contribution >= 4 is 12.2 Å².